The van der Waals surface area contributed by atoms with E-state index < -0.39 is 0 Å². The molecule has 0 heterocycles. The molecule has 0 atom stereocenters. The van der Waals surface area contributed by atoms with E-state index in [2.05, 4.69) is 13.8 Å². The summed E-state index contributed by atoms with van der Waals surface area (Å²) in [6.07, 6.45) is 5.88. The van der Waals surface area contributed by atoms with E-state index in [-0.39, 0.29) is 12.5 Å². The predicted molar refractivity (Wildman–Crippen MR) is 73.3 cm³/mol. The van der Waals surface area contributed by atoms with Crippen LogP contribution in [-0.2, 0) is 9.53 Å². The van der Waals surface area contributed by atoms with Gasteiger partial charge in [0.1, 0.15) is 6.61 Å². The Morgan fingerprint density at radius 2 is 2.06 bits per heavy atom. The van der Waals surface area contributed by atoms with Crippen molar-refractivity contribution in [1.29, 1.82) is 0 Å². The van der Waals surface area contributed by atoms with Crippen LogP contribution < -0.4 is 5.73 Å². The van der Waals surface area contributed by atoms with Crippen LogP contribution in [0.15, 0.2) is 0 Å². The van der Waals surface area contributed by atoms with Crippen LogP contribution in [0.5, 0.6) is 0 Å². The summed E-state index contributed by atoms with van der Waals surface area (Å²) in [6, 6.07) is 0.442. The predicted octanol–water partition coefficient (Wildman–Crippen LogP) is 1.78. The van der Waals surface area contributed by atoms with E-state index in [0.29, 0.717) is 25.1 Å². The van der Waals surface area contributed by atoms with Crippen molar-refractivity contribution in [2.24, 2.45) is 11.7 Å². The van der Waals surface area contributed by atoms with E-state index in [9.17, 15) is 4.79 Å². The summed E-state index contributed by atoms with van der Waals surface area (Å²) < 4.78 is 5.28. The molecule has 4 nitrogen and oxygen atoms in total. The Hall–Kier alpha value is -0.610. The second-order valence-electron chi connectivity index (χ2n) is 5.55. The van der Waals surface area contributed by atoms with E-state index in [1.54, 1.807) is 0 Å². The van der Waals surface area contributed by atoms with Crippen molar-refractivity contribution in [1.82, 2.24) is 4.90 Å². The quantitative estimate of drug-likeness (QED) is 0.673. The number of carbonyl (C=O) groups is 1. The second-order valence-corrected chi connectivity index (χ2v) is 5.55. The third kappa shape index (κ3) is 5.36. The standard InChI is InChI=1S/C14H28N2O2/c1-12(2)7-9-16(13-5-3-4-6-13)14(17)11-18-10-8-15/h12-13H,3-11,15H2,1-2H3. The van der Waals surface area contributed by atoms with Gasteiger partial charge in [-0.2, -0.15) is 0 Å². The van der Waals surface area contributed by atoms with Gasteiger partial charge in [0.25, 0.3) is 0 Å². The van der Waals surface area contributed by atoms with Crippen LogP contribution in [0.2, 0.25) is 0 Å². The van der Waals surface area contributed by atoms with Crippen LogP contribution in [0.4, 0.5) is 0 Å². The first kappa shape index (κ1) is 15.4. The van der Waals surface area contributed by atoms with Crippen molar-refractivity contribution >= 4 is 5.91 Å². The summed E-state index contributed by atoms with van der Waals surface area (Å²) in [6.45, 7) is 6.39. The van der Waals surface area contributed by atoms with E-state index >= 15 is 0 Å². The topological polar surface area (TPSA) is 55.6 Å². The third-order valence-corrected chi connectivity index (χ3v) is 3.52. The molecule has 106 valence electrons. The Labute approximate surface area is 111 Å². The Bertz CT molecular complexity index is 238. The zero-order valence-electron chi connectivity index (χ0n) is 11.9. The van der Waals surface area contributed by atoms with Gasteiger partial charge in [-0.05, 0) is 25.2 Å². The molecule has 1 aliphatic rings. The Balaban J connectivity index is 2.44. The van der Waals surface area contributed by atoms with Crippen LogP contribution in [-0.4, -0.2) is 43.2 Å². The molecular weight excluding hydrogens is 228 g/mol. The summed E-state index contributed by atoms with van der Waals surface area (Å²) in [4.78, 5) is 14.2. The highest BCUT2D eigenvalue weighted by atomic mass is 16.5. The Morgan fingerprint density at radius 3 is 2.61 bits per heavy atom. The summed E-state index contributed by atoms with van der Waals surface area (Å²) in [5.41, 5.74) is 5.36. The molecule has 0 radical (unpaired) electrons. The van der Waals surface area contributed by atoms with E-state index in [0.717, 1.165) is 25.8 Å². The van der Waals surface area contributed by atoms with Crippen LogP contribution in [0, 0.1) is 5.92 Å². The Kier molecular flexibility index (Phi) is 7.28. The van der Waals surface area contributed by atoms with Gasteiger partial charge in [-0.15, -0.1) is 0 Å². The minimum absolute atomic E-state index is 0.135. The molecule has 1 rings (SSSR count). The van der Waals surface area contributed by atoms with Gasteiger partial charge in [0.05, 0.1) is 6.61 Å². The van der Waals surface area contributed by atoms with Crippen LogP contribution in [0.1, 0.15) is 46.0 Å². The lowest BCUT2D eigenvalue weighted by Gasteiger charge is -2.29. The number of ether oxygens (including phenoxy) is 1. The number of nitrogens with zero attached hydrogens (tertiary/aromatic N) is 1. The molecule has 1 amide bonds. The summed E-state index contributed by atoms with van der Waals surface area (Å²) >= 11 is 0. The number of amides is 1. The van der Waals surface area contributed by atoms with Crippen LogP contribution >= 0.6 is 0 Å². The first-order chi connectivity index (χ1) is 8.65. The fourth-order valence-corrected chi connectivity index (χ4v) is 2.45. The van der Waals surface area contributed by atoms with Crippen LogP contribution in [0.25, 0.3) is 0 Å². The number of nitrogens with two attached hydrogens (primary N) is 1. The van der Waals surface area contributed by atoms with Crippen molar-refractivity contribution in [2.45, 2.75) is 52.0 Å². The van der Waals surface area contributed by atoms with Gasteiger partial charge in [0, 0.05) is 19.1 Å². The molecule has 0 spiro atoms. The SMILES string of the molecule is CC(C)CCN(C(=O)COCCN)C1CCCC1. The maximum Gasteiger partial charge on any atom is 0.248 e. The van der Waals surface area contributed by atoms with Crippen molar-refractivity contribution in [3.63, 3.8) is 0 Å². The van der Waals surface area contributed by atoms with Crippen molar-refractivity contribution < 1.29 is 9.53 Å². The summed E-state index contributed by atoms with van der Waals surface area (Å²) in [7, 11) is 0. The van der Waals surface area contributed by atoms with Crippen molar-refractivity contribution in [3.05, 3.63) is 0 Å². The minimum atomic E-state index is 0.135. The van der Waals surface area contributed by atoms with Crippen LogP contribution in [0.3, 0.4) is 0 Å². The summed E-state index contributed by atoms with van der Waals surface area (Å²) in [5.74, 6) is 0.766. The lowest BCUT2D eigenvalue weighted by Crippen LogP contribution is -2.42. The first-order valence-corrected chi connectivity index (χ1v) is 7.22. The molecule has 4 heteroatoms. The lowest BCUT2D eigenvalue weighted by atomic mass is 10.1. The van der Waals surface area contributed by atoms with Gasteiger partial charge >= 0.3 is 0 Å². The van der Waals surface area contributed by atoms with Gasteiger partial charge in [-0.1, -0.05) is 26.7 Å². The average molecular weight is 256 g/mol. The first-order valence-electron chi connectivity index (χ1n) is 7.22. The van der Waals surface area contributed by atoms with E-state index in [4.69, 9.17) is 10.5 Å². The highest BCUT2D eigenvalue weighted by molar-refractivity contribution is 5.77. The van der Waals surface area contributed by atoms with E-state index in [1.807, 2.05) is 4.90 Å². The van der Waals surface area contributed by atoms with Gasteiger partial charge in [-0.3, -0.25) is 4.79 Å². The number of carbonyl (C=O) groups excluding carboxylic acids is 1. The number of rotatable bonds is 8. The highest BCUT2D eigenvalue weighted by Gasteiger charge is 2.26. The van der Waals surface area contributed by atoms with Gasteiger partial charge < -0.3 is 15.4 Å². The molecule has 18 heavy (non-hydrogen) atoms. The third-order valence-electron chi connectivity index (χ3n) is 3.52. The maximum atomic E-state index is 12.2. The monoisotopic (exact) mass is 256 g/mol. The molecule has 1 aliphatic carbocycles. The molecule has 0 bridgehead atoms. The molecule has 1 fully saturated rings. The molecule has 0 saturated heterocycles. The number of hydrogen-bond donors (Lipinski definition) is 1. The van der Waals surface area contributed by atoms with Gasteiger partial charge in [0.2, 0.25) is 5.91 Å². The van der Waals surface area contributed by atoms with Gasteiger partial charge in [-0.25, -0.2) is 0 Å². The minimum Gasteiger partial charge on any atom is -0.370 e. The van der Waals surface area contributed by atoms with Gasteiger partial charge in [0.15, 0.2) is 0 Å². The molecule has 2 N–H and O–H groups in total. The fraction of sp³-hybridized carbons (Fsp3) is 0.929. The normalized spacial score (nSPS) is 16.4. The molecule has 0 aromatic heterocycles. The molecular formula is C14H28N2O2. The highest BCUT2D eigenvalue weighted by Crippen LogP contribution is 2.24. The Morgan fingerprint density at radius 1 is 1.39 bits per heavy atom. The average Bonchev–Trinajstić information content (AvgIpc) is 2.83. The number of hydrogen-bond acceptors (Lipinski definition) is 3. The molecule has 0 aromatic rings. The smallest absolute Gasteiger partial charge is 0.248 e. The van der Waals surface area contributed by atoms with Crippen molar-refractivity contribution in [2.75, 3.05) is 26.3 Å². The molecule has 1 saturated carbocycles. The molecule has 0 aliphatic heterocycles. The van der Waals surface area contributed by atoms with E-state index in [1.165, 1.54) is 12.8 Å². The molecule has 0 unspecified atom stereocenters. The zero-order chi connectivity index (χ0) is 13.4. The summed E-state index contributed by atoms with van der Waals surface area (Å²) in [5, 5.41) is 0. The largest absolute Gasteiger partial charge is 0.370 e. The maximum absolute atomic E-state index is 12.2. The lowest BCUT2D eigenvalue weighted by molar-refractivity contribution is -0.138. The van der Waals surface area contributed by atoms with Crippen molar-refractivity contribution in [3.8, 4) is 0 Å². The molecule has 0 aromatic carbocycles. The second kappa shape index (κ2) is 8.48. The fourth-order valence-electron chi connectivity index (χ4n) is 2.45. The zero-order valence-corrected chi connectivity index (χ0v) is 11.9.